The van der Waals surface area contributed by atoms with E-state index in [1.54, 1.807) is 19.2 Å². The maximum absolute atomic E-state index is 11.0. The Morgan fingerprint density at radius 3 is 2.45 bits per heavy atom. The van der Waals surface area contributed by atoms with Gasteiger partial charge in [-0.25, -0.2) is 4.98 Å². The van der Waals surface area contributed by atoms with E-state index in [4.69, 9.17) is 4.74 Å². The van der Waals surface area contributed by atoms with Crippen molar-refractivity contribution in [3.8, 4) is 5.75 Å². The van der Waals surface area contributed by atoms with Crippen LogP contribution in [-0.4, -0.2) is 22.0 Å². The molecule has 0 saturated carbocycles. The molecule has 1 heterocycles. The zero-order valence-corrected chi connectivity index (χ0v) is 15.5. The Morgan fingerprint density at radius 1 is 0.897 bits per heavy atom. The number of nitrogens with zero attached hydrogens (tertiary/aromatic N) is 3. The molecule has 0 fully saturated rings. The number of anilines is 4. The maximum Gasteiger partial charge on any atom is 0.271 e. The van der Waals surface area contributed by atoms with Crippen molar-refractivity contribution in [1.82, 2.24) is 9.97 Å². The highest BCUT2D eigenvalue weighted by molar-refractivity contribution is 5.92. The number of non-ortho nitro benzene ring substituents is 1. The lowest BCUT2D eigenvalue weighted by Crippen LogP contribution is -2.02. The summed E-state index contributed by atoms with van der Waals surface area (Å²) in [6, 6.07) is 21.3. The molecule has 0 saturated heterocycles. The number of hydrogen-bond donors (Lipinski definition) is 2. The molecule has 0 amide bonds. The number of para-hydroxylation sites is 1. The van der Waals surface area contributed by atoms with Gasteiger partial charge in [-0.15, -0.1) is 0 Å². The first-order valence-electron chi connectivity index (χ1n) is 8.82. The van der Waals surface area contributed by atoms with Crippen LogP contribution in [0.4, 0.5) is 28.8 Å². The number of hydrogen-bond acceptors (Lipinski definition) is 7. The van der Waals surface area contributed by atoms with Crippen molar-refractivity contribution >= 4 is 39.7 Å². The van der Waals surface area contributed by atoms with E-state index in [-0.39, 0.29) is 5.69 Å². The third-order valence-corrected chi connectivity index (χ3v) is 4.27. The largest absolute Gasteiger partial charge is 0.497 e. The van der Waals surface area contributed by atoms with Crippen molar-refractivity contribution in [2.75, 3.05) is 17.7 Å². The molecule has 4 rings (SSSR count). The molecule has 0 aliphatic heterocycles. The molecule has 0 aliphatic carbocycles. The summed E-state index contributed by atoms with van der Waals surface area (Å²) in [5, 5.41) is 18.2. The van der Waals surface area contributed by atoms with Gasteiger partial charge in [0, 0.05) is 28.9 Å². The summed E-state index contributed by atoms with van der Waals surface area (Å²) in [5.74, 6) is 1.71. The molecule has 0 radical (unpaired) electrons. The second kappa shape index (κ2) is 7.81. The van der Waals surface area contributed by atoms with Gasteiger partial charge < -0.3 is 15.4 Å². The van der Waals surface area contributed by atoms with Gasteiger partial charge in [0.15, 0.2) is 0 Å². The average molecular weight is 387 g/mol. The number of fused-ring (bicyclic) bond motifs is 1. The molecule has 4 aromatic rings. The van der Waals surface area contributed by atoms with Gasteiger partial charge in [0.05, 0.1) is 17.5 Å². The molecule has 0 unspecified atom stereocenters. The molecule has 0 spiro atoms. The van der Waals surface area contributed by atoms with Crippen LogP contribution in [-0.2, 0) is 0 Å². The molecule has 3 aromatic carbocycles. The van der Waals surface area contributed by atoms with E-state index in [9.17, 15) is 10.1 Å². The van der Waals surface area contributed by atoms with Crippen LogP contribution in [0, 0.1) is 10.1 Å². The van der Waals surface area contributed by atoms with Gasteiger partial charge in [-0.1, -0.05) is 18.2 Å². The Bertz CT molecular complexity index is 1180. The van der Waals surface area contributed by atoms with E-state index in [0.717, 1.165) is 22.3 Å². The lowest BCUT2D eigenvalue weighted by molar-refractivity contribution is -0.384. The molecule has 144 valence electrons. The lowest BCUT2D eigenvalue weighted by Gasteiger charge is -2.12. The topological polar surface area (TPSA) is 102 Å². The van der Waals surface area contributed by atoms with Gasteiger partial charge in [0.2, 0.25) is 5.95 Å². The monoisotopic (exact) mass is 387 g/mol. The van der Waals surface area contributed by atoms with Crippen LogP contribution < -0.4 is 15.4 Å². The highest BCUT2D eigenvalue weighted by Crippen LogP contribution is 2.28. The first-order chi connectivity index (χ1) is 14.1. The SMILES string of the molecule is COc1ccc(Nc2nc(Nc3cccc([N+](=O)[O-])c3)nc3ccccc23)cc1. The fourth-order valence-corrected chi connectivity index (χ4v) is 2.87. The van der Waals surface area contributed by atoms with Gasteiger partial charge in [-0.2, -0.15) is 4.98 Å². The zero-order chi connectivity index (χ0) is 20.2. The van der Waals surface area contributed by atoms with E-state index in [2.05, 4.69) is 20.6 Å². The number of rotatable bonds is 6. The quantitative estimate of drug-likeness (QED) is 0.353. The van der Waals surface area contributed by atoms with Crippen LogP contribution >= 0.6 is 0 Å². The molecule has 8 nitrogen and oxygen atoms in total. The Hall–Kier alpha value is -4.20. The van der Waals surface area contributed by atoms with Crippen LogP contribution in [0.25, 0.3) is 10.9 Å². The molecule has 0 bridgehead atoms. The minimum Gasteiger partial charge on any atom is -0.497 e. The van der Waals surface area contributed by atoms with E-state index in [0.29, 0.717) is 17.5 Å². The number of nitrogens with one attached hydrogen (secondary N) is 2. The second-order valence-corrected chi connectivity index (χ2v) is 6.20. The van der Waals surface area contributed by atoms with E-state index in [1.807, 2.05) is 48.5 Å². The normalized spacial score (nSPS) is 10.5. The van der Waals surface area contributed by atoms with Gasteiger partial charge >= 0.3 is 0 Å². The number of nitro groups is 1. The second-order valence-electron chi connectivity index (χ2n) is 6.20. The Labute approximate surface area is 166 Å². The van der Waals surface area contributed by atoms with Gasteiger partial charge in [0.25, 0.3) is 5.69 Å². The molecular weight excluding hydrogens is 370 g/mol. The van der Waals surface area contributed by atoms with Crippen LogP contribution in [0.2, 0.25) is 0 Å². The highest BCUT2D eigenvalue weighted by Gasteiger charge is 2.10. The molecule has 8 heteroatoms. The predicted octanol–water partition coefficient (Wildman–Crippen LogP) is 5.03. The van der Waals surface area contributed by atoms with Gasteiger partial charge in [-0.05, 0) is 42.5 Å². The number of benzene rings is 3. The van der Waals surface area contributed by atoms with Crippen LogP contribution in [0.5, 0.6) is 5.75 Å². The molecular formula is C21H17N5O3. The van der Waals surface area contributed by atoms with E-state index in [1.165, 1.54) is 12.1 Å². The number of nitro benzene ring substituents is 1. The van der Waals surface area contributed by atoms with Crippen LogP contribution in [0.1, 0.15) is 0 Å². The average Bonchev–Trinajstić information content (AvgIpc) is 2.74. The smallest absolute Gasteiger partial charge is 0.271 e. The summed E-state index contributed by atoms with van der Waals surface area (Å²) in [7, 11) is 1.62. The van der Waals surface area contributed by atoms with E-state index >= 15 is 0 Å². The standard InChI is InChI=1S/C21H17N5O3/c1-29-17-11-9-14(10-12-17)22-20-18-7-2-3-8-19(18)24-21(25-20)23-15-5-4-6-16(13-15)26(27)28/h2-13H,1H3,(H2,22,23,24,25). The molecule has 0 atom stereocenters. The lowest BCUT2D eigenvalue weighted by atomic mass is 10.2. The van der Waals surface area contributed by atoms with Crippen LogP contribution in [0.15, 0.2) is 72.8 Å². The van der Waals surface area contributed by atoms with Crippen molar-refractivity contribution in [3.63, 3.8) is 0 Å². The fourth-order valence-electron chi connectivity index (χ4n) is 2.87. The summed E-state index contributed by atoms with van der Waals surface area (Å²) in [6.07, 6.45) is 0. The van der Waals surface area contributed by atoms with Gasteiger partial charge in [0.1, 0.15) is 11.6 Å². The van der Waals surface area contributed by atoms with Crippen molar-refractivity contribution in [2.45, 2.75) is 0 Å². The Kier molecular flexibility index (Phi) is 4.90. The van der Waals surface area contributed by atoms with Crippen molar-refractivity contribution in [1.29, 1.82) is 0 Å². The number of aromatic nitrogens is 2. The van der Waals surface area contributed by atoms with Crippen molar-refractivity contribution in [2.24, 2.45) is 0 Å². The molecule has 29 heavy (non-hydrogen) atoms. The summed E-state index contributed by atoms with van der Waals surface area (Å²) in [5.41, 5.74) is 2.11. The summed E-state index contributed by atoms with van der Waals surface area (Å²) >= 11 is 0. The number of ether oxygens (including phenoxy) is 1. The minimum atomic E-state index is -0.441. The third-order valence-electron chi connectivity index (χ3n) is 4.27. The summed E-state index contributed by atoms with van der Waals surface area (Å²) < 4.78 is 5.19. The number of methoxy groups -OCH3 is 1. The highest BCUT2D eigenvalue weighted by atomic mass is 16.6. The van der Waals surface area contributed by atoms with Crippen molar-refractivity contribution in [3.05, 3.63) is 82.9 Å². The van der Waals surface area contributed by atoms with Gasteiger partial charge in [-0.3, -0.25) is 10.1 Å². The fraction of sp³-hybridized carbons (Fsp3) is 0.0476. The zero-order valence-electron chi connectivity index (χ0n) is 15.5. The minimum absolute atomic E-state index is 0.00706. The molecule has 0 aliphatic rings. The Balaban J connectivity index is 1.70. The predicted molar refractivity (Wildman–Crippen MR) is 112 cm³/mol. The first-order valence-corrected chi connectivity index (χ1v) is 8.82. The summed E-state index contributed by atoms with van der Waals surface area (Å²) in [6.45, 7) is 0. The summed E-state index contributed by atoms with van der Waals surface area (Å²) in [4.78, 5) is 19.7. The molecule has 2 N–H and O–H groups in total. The maximum atomic E-state index is 11.0. The van der Waals surface area contributed by atoms with E-state index < -0.39 is 4.92 Å². The van der Waals surface area contributed by atoms with Crippen LogP contribution in [0.3, 0.4) is 0 Å². The van der Waals surface area contributed by atoms with Crippen molar-refractivity contribution < 1.29 is 9.66 Å². The molecule has 1 aromatic heterocycles. The third kappa shape index (κ3) is 4.06. The Morgan fingerprint density at radius 2 is 1.69 bits per heavy atom. The first kappa shape index (κ1) is 18.2.